The van der Waals surface area contributed by atoms with Crippen molar-refractivity contribution in [3.05, 3.63) is 95.3 Å². The average molecular weight is 1070 g/mol. The van der Waals surface area contributed by atoms with Crippen LogP contribution < -0.4 is 10.2 Å². The van der Waals surface area contributed by atoms with E-state index in [0.717, 1.165) is 74.4 Å². The zero-order chi connectivity index (χ0) is 53.2. The Kier molecular flexibility index (Phi) is 19.2. The number of esters is 2. The maximum absolute atomic E-state index is 12.7. The topological polar surface area (TPSA) is 252 Å². The van der Waals surface area contributed by atoms with Gasteiger partial charge in [0.25, 0.3) is 0 Å². The van der Waals surface area contributed by atoms with Gasteiger partial charge >= 0.3 is 29.0 Å². The molecule has 0 spiro atoms. The van der Waals surface area contributed by atoms with Crippen LogP contribution in [0.2, 0.25) is 0 Å². The van der Waals surface area contributed by atoms with E-state index in [1.807, 2.05) is 12.1 Å². The van der Waals surface area contributed by atoms with E-state index in [4.69, 9.17) is 19.7 Å². The molecule has 0 N–H and O–H groups in total. The molecular formula is C52H68FeN18O4. The number of pyridine rings is 2. The number of rotatable bonds is 20. The molecule has 8 rings (SSSR count). The number of unbranched alkanes of at least 4 members (excludes halogenated alkanes) is 2. The van der Waals surface area contributed by atoms with E-state index in [1.165, 1.54) is 21.8 Å². The van der Waals surface area contributed by atoms with Crippen molar-refractivity contribution >= 4 is 46.2 Å². The molecule has 2 atom stereocenters. The minimum atomic E-state index is -0.535. The van der Waals surface area contributed by atoms with E-state index >= 15 is 0 Å². The van der Waals surface area contributed by atoms with E-state index in [1.54, 1.807) is 59.5 Å². The summed E-state index contributed by atoms with van der Waals surface area (Å²) in [4.78, 5) is 34.0. The summed E-state index contributed by atoms with van der Waals surface area (Å²) < 4.78 is 17.0. The third kappa shape index (κ3) is 12.6. The van der Waals surface area contributed by atoms with Crippen molar-refractivity contribution < 1.29 is 36.1 Å². The Morgan fingerprint density at radius 2 is 1.00 bits per heavy atom. The standard InChI is InChI=1S/2C26H35N9O2.Fe/c2*1-7-10-13-17(8-2)22-30-32-24-20(21(26(4,5)6)33-35(22)24)29-31-23-18(25(36)37-9-3)16-28-34(23)19-14-11-12-15-27-19;/h2*11-12,14-17H,7-10,13H2,1-6H3,(H,28,31,32,33,36);/q;;+2/p-2. The quantitative estimate of drug-likeness (QED) is 0.0391. The molecule has 8 aromatic heterocycles. The minimum absolute atomic E-state index is 0. The minimum Gasteiger partial charge on any atom is -0.462 e. The van der Waals surface area contributed by atoms with Gasteiger partial charge in [-0.15, -0.1) is 20.5 Å². The fraction of sp³-hybridized carbons (Fsp3) is 0.500. The molecular weight excluding hydrogens is 997 g/mol. The largest absolute Gasteiger partial charge is 2.00 e. The number of aromatic nitrogens is 14. The van der Waals surface area contributed by atoms with Crippen molar-refractivity contribution in [2.24, 2.45) is 20.5 Å². The molecule has 0 amide bonds. The first-order valence-electron chi connectivity index (χ1n) is 25.6. The molecule has 0 aliphatic carbocycles. The van der Waals surface area contributed by atoms with Gasteiger partial charge in [-0.1, -0.05) is 107 Å². The monoisotopic (exact) mass is 1060 g/mol. The Balaban J connectivity index is 0.000000241. The predicted octanol–water partition coefficient (Wildman–Crippen LogP) is 11.7. The normalized spacial score (nSPS) is 12.9. The zero-order valence-electron chi connectivity index (χ0n) is 45.0. The zero-order valence-corrected chi connectivity index (χ0v) is 46.1. The summed E-state index contributed by atoms with van der Waals surface area (Å²) in [6.45, 7) is 25.0. The van der Waals surface area contributed by atoms with Gasteiger partial charge in [-0.2, -0.15) is 19.6 Å². The Morgan fingerprint density at radius 1 is 0.600 bits per heavy atom. The maximum Gasteiger partial charge on any atom is 2.00 e. The molecule has 398 valence electrons. The molecule has 2 unspecified atom stereocenters. The number of carbonyl (C=O) groups is 2. The van der Waals surface area contributed by atoms with E-state index in [-0.39, 0.29) is 75.7 Å². The number of ether oxygens (including phenoxy) is 2. The molecule has 0 aromatic carbocycles. The Morgan fingerprint density at radius 3 is 1.32 bits per heavy atom. The van der Waals surface area contributed by atoms with Gasteiger partial charge in [0.2, 0.25) is 0 Å². The molecule has 0 bridgehead atoms. The molecule has 23 heteroatoms. The average Bonchev–Trinajstić information content (AvgIpc) is 4.25. The molecule has 8 heterocycles. The molecule has 0 aliphatic heterocycles. The van der Waals surface area contributed by atoms with Gasteiger partial charge in [0.15, 0.2) is 23.3 Å². The second-order valence-electron chi connectivity index (χ2n) is 19.8. The third-order valence-corrected chi connectivity index (χ3v) is 12.3. The second-order valence-corrected chi connectivity index (χ2v) is 19.8. The number of nitrogens with zero attached hydrogens (tertiary/aromatic N) is 18. The number of hydrogen-bond acceptors (Lipinski definition) is 16. The Bertz CT molecular complexity index is 2970. The molecule has 0 saturated heterocycles. The van der Waals surface area contributed by atoms with Crippen molar-refractivity contribution in [2.75, 3.05) is 13.2 Å². The Labute approximate surface area is 447 Å². The van der Waals surface area contributed by atoms with Crippen LogP contribution in [0.4, 0.5) is 23.0 Å². The van der Waals surface area contributed by atoms with Gasteiger partial charge in [-0.3, -0.25) is 20.4 Å². The SMILES string of the molecule is CCCCC(CC)c1n[n-]c2c(N=Nc3c(C(=O)OCC)cnn3-c3ccccn3)c(C(C)(C)C)nn12.CCCCC(CC)c1n[n-]c2c(N=Nc3c(C(=O)OCC)cnn3-c3ccccn3)c(C(C)(C)C)nn12.[Fe+2]. The molecule has 0 aliphatic rings. The molecule has 22 nitrogen and oxygen atoms in total. The summed E-state index contributed by atoms with van der Waals surface area (Å²) in [5.41, 5.74) is 3.32. The molecule has 8 aromatic rings. The predicted molar refractivity (Wildman–Crippen MR) is 278 cm³/mol. The van der Waals surface area contributed by atoms with Gasteiger partial charge in [0.1, 0.15) is 22.5 Å². The van der Waals surface area contributed by atoms with E-state index in [2.05, 4.69) is 130 Å². The van der Waals surface area contributed by atoms with Crippen molar-refractivity contribution in [1.29, 1.82) is 0 Å². The first-order chi connectivity index (χ1) is 35.6. The summed E-state index contributed by atoms with van der Waals surface area (Å²) in [7, 11) is 0. The van der Waals surface area contributed by atoms with Crippen molar-refractivity contribution in [3.63, 3.8) is 0 Å². The van der Waals surface area contributed by atoms with Gasteiger partial charge in [0.05, 0.1) is 37.0 Å². The molecule has 0 radical (unpaired) electrons. The van der Waals surface area contributed by atoms with Crippen molar-refractivity contribution in [1.82, 2.24) is 69.2 Å². The Hall–Kier alpha value is -7.26. The third-order valence-electron chi connectivity index (χ3n) is 12.3. The van der Waals surface area contributed by atoms with Crippen LogP contribution in [0.15, 0.2) is 81.6 Å². The van der Waals surface area contributed by atoms with Crippen LogP contribution >= 0.6 is 0 Å². The second kappa shape index (κ2) is 25.3. The van der Waals surface area contributed by atoms with Crippen LogP contribution in [-0.2, 0) is 37.4 Å². The van der Waals surface area contributed by atoms with Crippen LogP contribution in [0.1, 0.15) is 190 Å². The summed E-state index contributed by atoms with van der Waals surface area (Å²) in [5, 5.41) is 54.6. The summed E-state index contributed by atoms with van der Waals surface area (Å²) in [6, 6.07) is 10.8. The van der Waals surface area contributed by atoms with E-state index in [0.29, 0.717) is 34.3 Å². The van der Waals surface area contributed by atoms with Crippen molar-refractivity contribution in [2.45, 2.75) is 157 Å². The summed E-state index contributed by atoms with van der Waals surface area (Å²) in [5.74, 6) is 2.54. The van der Waals surface area contributed by atoms with Gasteiger partial charge < -0.3 is 28.7 Å². The number of hydrogen-bond donors (Lipinski definition) is 0. The first-order valence-corrected chi connectivity index (χ1v) is 25.6. The van der Waals surface area contributed by atoms with Crippen LogP contribution in [0.5, 0.6) is 0 Å². The number of fused-ring (bicyclic) bond motifs is 2. The smallest absolute Gasteiger partial charge is 0.462 e. The van der Waals surface area contributed by atoms with Gasteiger partial charge in [0, 0.05) is 46.2 Å². The van der Waals surface area contributed by atoms with Crippen LogP contribution in [0.25, 0.3) is 22.9 Å². The van der Waals surface area contributed by atoms with E-state index in [9.17, 15) is 9.59 Å². The van der Waals surface area contributed by atoms with Gasteiger partial charge in [-0.25, -0.2) is 19.6 Å². The fourth-order valence-corrected chi connectivity index (χ4v) is 8.29. The van der Waals surface area contributed by atoms with E-state index < -0.39 is 11.9 Å². The molecule has 75 heavy (non-hydrogen) atoms. The van der Waals surface area contributed by atoms with Crippen LogP contribution in [0.3, 0.4) is 0 Å². The first kappa shape index (κ1) is 57.0. The van der Waals surface area contributed by atoms with Crippen molar-refractivity contribution in [3.8, 4) is 11.6 Å². The maximum atomic E-state index is 12.7. The summed E-state index contributed by atoms with van der Waals surface area (Å²) >= 11 is 0. The number of azo groups is 2. The summed E-state index contributed by atoms with van der Waals surface area (Å²) in [6.07, 6.45) is 14.5. The molecule has 0 fully saturated rings. The molecule has 0 saturated carbocycles. The van der Waals surface area contributed by atoms with Gasteiger partial charge in [-0.05, 0) is 75.6 Å². The van der Waals surface area contributed by atoms with Crippen LogP contribution in [-0.4, -0.2) is 84.1 Å². The fourth-order valence-electron chi connectivity index (χ4n) is 8.29. The number of carbonyl (C=O) groups excluding carboxylic acids is 2. The van der Waals surface area contributed by atoms with Crippen LogP contribution in [0, 0.1) is 0 Å².